The fourth-order valence-corrected chi connectivity index (χ4v) is 2.45. The second-order valence-corrected chi connectivity index (χ2v) is 4.80. The highest BCUT2D eigenvalue weighted by atomic mass is 35.5. The molecule has 1 saturated carbocycles. The van der Waals surface area contributed by atoms with Crippen LogP contribution in [0.4, 0.5) is 4.39 Å². The van der Waals surface area contributed by atoms with Crippen molar-refractivity contribution in [1.29, 1.82) is 0 Å². The second-order valence-electron chi connectivity index (χ2n) is 4.36. The van der Waals surface area contributed by atoms with Gasteiger partial charge in [0.15, 0.2) is 0 Å². The zero-order valence-corrected chi connectivity index (χ0v) is 9.77. The van der Waals surface area contributed by atoms with Gasteiger partial charge in [0, 0.05) is 17.4 Å². The lowest BCUT2D eigenvalue weighted by Gasteiger charge is -2.08. The number of ketones is 1. The molecule has 86 valence electrons. The predicted octanol–water partition coefficient (Wildman–Crippen LogP) is 3.78. The zero-order valence-electron chi connectivity index (χ0n) is 9.01. The van der Waals surface area contributed by atoms with Gasteiger partial charge in [0.05, 0.1) is 0 Å². The third kappa shape index (κ3) is 2.62. The molecule has 3 heteroatoms. The van der Waals surface area contributed by atoms with Crippen molar-refractivity contribution in [1.82, 2.24) is 0 Å². The summed E-state index contributed by atoms with van der Waals surface area (Å²) < 4.78 is 13.4. The maximum Gasteiger partial charge on any atom is 0.140 e. The van der Waals surface area contributed by atoms with Crippen LogP contribution >= 0.6 is 11.6 Å². The van der Waals surface area contributed by atoms with Gasteiger partial charge in [-0.3, -0.25) is 4.79 Å². The molecule has 0 spiro atoms. The van der Waals surface area contributed by atoms with E-state index in [2.05, 4.69) is 0 Å². The number of rotatable bonds is 3. The molecule has 0 heterocycles. The maximum atomic E-state index is 13.4. The first kappa shape index (κ1) is 11.6. The number of carbonyl (C=O) groups is 1. The quantitative estimate of drug-likeness (QED) is 0.786. The summed E-state index contributed by atoms with van der Waals surface area (Å²) in [6.45, 7) is 0. The van der Waals surface area contributed by atoms with Gasteiger partial charge < -0.3 is 0 Å². The molecule has 1 nitrogen and oxygen atoms in total. The average Bonchev–Trinajstić information content (AvgIpc) is 2.76. The summed E-state index contributed by atoms with van der Waals surface area (Å²) in [7, 11) is 0. The predicted molar refractivity (Wildman–Crippen MR) is 62.1 cm³/mol. The Hall–Kier alpha value is -0.890. The van der Waals surface area contributed by atoms with Gasteiger partial charge in [0.2, 0.25) is 0 Å². The molecule has 16 heavy (non-hydrogen) atoms. The van der Waals surface area contributed by atoms with Crippen molar-refractivity contribution >= 4 is 17.4 Å². The average molecular weight is 241 g/mol. The minimum absolute atomic E-state index is 0.137. The summed E-state index contributed by atoms with van der Waals surface area (Å²) >= 11 is 5.78. The largest absolute Gasteiger partial charge is 0.299 e. The van der Waals surface area contributed by atoms with Crippen LogP contribution < -0.4 is 0 Å². The van der Waals surface area contributed by atoms with E-state index in [0.29, 0.717) is 10.6 Å². The first-order chi connectivity index (χ1) is 7.66. The van der Waals surface area contributed by atoms with E-state index in [1.165, 1.54) is 12.1 Å². The number of benzene rings is 1. The first-order valence-electron chi connectivity index (χ1n) is 5.63. The molecule has 1 aliphatic rings. The fraction of sp³-hybridized carbons (Fsp3) is 0.462. The van der Waals surface area contributed by atoms with Gasteiger partial charge in [-0.25, -0.2) is 4.39 Å². The Morgan fingerprint density at radius 3 is 2.75 bits per heavy atom. The Bertz CT molecular complexity index is 397. The minimum atomic E-state index is -0.337. The van der Waals surface area contributed by atoms with Crippen LogP contribution in [-0.2, 0) is 11.2 Å². The van der Waals surface area contributed by atoms with Crippen LogP contribution in [0.3, 0.4) is 0 Å². The van der Waals surface area contributed by atoms with Crippen LogP contribution in [0.5, 0.6) is 0 Å². The number of hydrogen-bond donors (Lipinski definition) is 0. The molecule has 0 bridgehead atoms. The van der Waals surface area contributed by atoms with E-state index < -0.39 is 0 Å². The van der Waals surface area contributed by atoms with Gasteiger partial charge in [-0.2, -0.15) is 0 Å². The topological polar surface area (TPSA) is 17.1 Å². The molecule has 1 fully saturated rings. The third-order valence-electron chi connectivity index (χ3n) is 3.18. The van der Waals surface area contributed by atoms with Gasteiger partial charge in [0.1, 0.15) is 11.6 Å². The van der Waals surface area contributed by atoms with Gasteiger partial charge in [-0.1, -0.05) is 24.4 Å². The fourth-order valence-electron chi connectivity index (χ4n) is 2.26. The normalized spacial score (nSPS) is 16.6. The Morgan fingerprint density at radius 1 is 1.38 bits per heavy atom. The summed E-state index contributed by atoms with van der Waals surface area (Å²) in [6, 6.07) is 4.36. The highest BCUT2D eigenvalue weighted by Gasteiger charge is 2.23. The van der Waals surface area contributed by atoms with Crippen LogP contribution in [0, 0.1) is 11.7 Å². The van der Waals surface area contributed by atoms with Crippen LogP contribution in [0.1, 0.15) is 31.2 Å². The van der Waals surface area contributed by atoms with Crippen LogP contribution in [0.15, 0.2) is 18.2 Å². The zero-order chi connectivity index (χ0) is 11.5. The Kier molecular flexibility index (Phi) is 3.59. The molecule has 1 aromatic carbocycles. The standard InChI is InChI=1S/C13H14ClFO/c14-11-5-6-12(15)10(7-11)8-13(16)9-3-1-2-4-9/h5-7,9H,1-4,8H2. The van der Waals surface area contributed by atoms with Crippen LogP contribution in [0.25, 0.3) is 0 Å². The number of carbonyl (C=O) groups excluding carboxylic acids is 1. The minimum Gasteiger partial charge on any atom is -0.299 e. The van der Waals surface area contributed by atoms with Crippen LogP contribution in [0.2, 0.25) is 5.02 Å². The van der Waals surface area contributed by atoms with Crippen molar-refractivity contribution in [3.8, 4) is 0 Å². The summed E-state index contributed by atoms with van der Waals surface area (Å²) in [4.78, 5) is 11.9. The number of Topliss-reactive ketones (excluding diaryl/α,β-unsaturated/α-hetero) is 1. The SMILES string of the molecule is O=C(Cc1cc(Cl)ccc1F)C1CCCC1. The van der Waals surface area contributed by atoms with Crippen molar-refractivity contribution in [2.45, 2.75) is 32.1 Å². The molecular formula is C13H14ClFO. The summed E-state index contributed by atoms with van der Waals surface area (Å²) in [5, 5.41) is 0.482. The molecule has 0 radical (unpaired) electrons. The second kappa shape index (κ2) is 4.96. The van der Waals surface area contributed by atoms with E-state index in [-0.39, 0.29) is 23.9 Å². The van der Waals surface area contributed by atoms with E-state index >= 15 is 0 Å². The molecule has 2 rings (SSSR count). The van der Waals surface area contributed by atoms with Crippen molar-refractivity contribution in [3.63, 3.8) is 0 Å². The number of hydrogen-bond acceptors (Lipinski definition) is 1. The Morgan fingerprint density at radius 2 is 2.06 bits per heavy atom. The lowest BCUT2D eigenvalue weighted by Crippen LogP contribution is -2.14. The highest BCUT2D eigenvalue weighted by Crippen LogP contribution is 2.27. The Labute approximate surface area is 99.6 Å². The third-order valence-corrected chi connectivity index (χ3v) is 3.42. The molecule has 0 saturated heterocycles. The van der Waals surface area contributed by atoms with Gasteiger partial charge in [-0.15, -0.1) is 0 Å². The van der Waals surface area contributed by atoms with Gasteiger partial charge >= 0.3 is 0 Å². The lowest BCUT2D eigenvalue weighted by molar-refractivity contribution is -0.122. The monoisotopic (exact) mass is 240 g/mol. The molecular weight excluding hydrogens is 227 g/mol. The lowest BCUT2D eigenvalue weighted by atomic mass is 9.96. The van der Waals surface area contributed by atoms with E-state index in [9.17, 15) is 9.18 Å². The van der Waals surface area contributed by atoms with E-state index in [0.717, 1.165) is 25.7 Å². The molecule has 0 atom stereocenters. The van der Waals surface area contributed by atoms with Crippen molar-refractivity contribution in [2.75, 3.05) is 0 Å². The molecule has 0 aromatic heterocycles. The van der Waals surface area contributed by atoms with Gasteiger partial charge in [-0.05, 0) is 36.6 Å². The molecule has 0 aliphatic heterocycles. The maximum absolute atomic E-state index is 13.4. The molecule has 0 N–H and O–H groups in total. The molecule has 0 unspecified atom stereocenters. The summed E-state index contributed by atoms with van der Waals surface area (Å²) in [5.41, 5.74) is 0.421. The summed E-state index contributed by atoms with van der Waals surface area (Å²) in [5.74, 6) is -0.0483. The van der Waals surface area contributed by atoms with Crippen LogP contribution in [-0.4, -0.2) is 5.78 Å². The molecule has 1 aromatic rings. The smallest absolute Gasteiger partial charge is 0.140 e. The number of halogens is 2. The van der Waals surface area contributed by atoms with E-state index in [4.69, 9.17) is 11.6 Å². The van der Waals surface area contributed by atoms with E-state index in [1.807, 2.05) is 0 Å². The van der Waals surface area contributed by atoms with E-state index in [1.54, 1.807) is 6.07 Å². The van der Waals surface area contributed by atoms with Crippen molar-refractivity contribution in [3.05, 3.63) is 34.6 Å². The van der Waals surface area contributed by atoms with Crippen molar-refractivity contribution < 1.29 is 9.18 Å². The highest BCUT2D eigenvalue weighted by molar-refractivity contribution is 6.30. The van der Waals surface area contributed by atoms with Crippen molar-refractivity contribution in [2.24, 2.45) is 5.92 Å². The first-order valence-corrected chi connectivity index (χ1v) is 6.01. The van der Waals surface area contributed by atoms with Gasteiger partial charge in [0.25, 0.3) is 0 Å². The molecule has 0 amide bonds. The molecule has 1 aliphatic carbocycles. The Balaban J connectivity index is 2.07. The summed E-state index contributed by atoms with van der Waals surface area (Å²) in [6.07, 6.45) is 4.34.